The standard InChI is InChI=1S/C13H20N2O2/c1-5-9-15-11(16)13(4,14-12(15)17)8-6-7-10(2)3/h5,7H,1,6,8-9H2,2-4H3,(H,14,17)/t13-/m1/s1. The lowest BCUT2D eigenvalue weighted by atomic mass is 9.95. The highest BCUT2D eigenvalue weighted by Crippen LogP contribution is 2.23. The fraction of sp³-hybridized carbons (Fsp3) is 0.538. The van der Waals surface area contributed by atoms with Gasteiger partial charge in [0.15, 0.2) is 0 Å². The van der Waals surface area contributed by atoms with Crippen molar-refractivity contribution in [2.75, 3.05) is 6.54 Å². The van der Waals surface area contributed by atoms with Crippen LogP contribution in [-0.4, -0.2) is 28.9 Å². The van der Waals surface area contributed by atoms with E-state index in [1.165, 1.54) is 10.5 Å². The Kier molecular flexibility index (Phi) is 4.10. The number of amides is 3. The average molecular weight is 236 g/mol. The molecule has 0 spiro atoms. The van der Waals surface area contributed by atoms with Crippen LogP contribution in [0.4, 0.5) is 4.79 Å². The zero-order valence-electron chi connectivity index (χ0n) is 10.7. The Morgan fingerprint density at radius 2 is 2.12 bits per heavy atom. The van der Waals surface area contributed by atoms with Crippen LogP contribution in [0.2, 0.25) is 0 Å². The first-order chi connectivity index (χ1) is 7.90. The summed E-state index contributed by atoms with van der Waals surface area (Å²) in [6.07, 6.45) is 5.03. The van der Waals surface area contributed by atoms with Crippen molar-refractivity contribution in [2.45, 2.75) is 39.2 Å². The van der Waals surface area contributed by atoms with Crippen LogP contribution in [-0.2, 0) is 4.79 Å². The molecule has 0 aromatic rings. The molecule has 0 bridgehead atoms. The molecule has 4 nitrogen and oxygen atoms in total. The van der Waals surface area contributed by atoms with Crippen LogP contribution >= 0.6 is 0 Å². The summed E-state index contributed by atoms with van der Waals surface area (Å²) in [6, 6.07) is -0.324. The van der Waals surface area contributed by atoms with Crippen molar-refractivity contribution in [3.8, 4) is 0 Å². The number of nitrogens with one attached hydrogen (secondary N) is 1. The summed E-state index contributed by atoms with van der Waals surface area (Å²) in [7, 11) is 0. The van der Waals surface area contributed by atoms with Gasteiger partial charge < -0.3 is 5.32 Å². The van der Waals surface area contributed by atoms with Gasteiger partial charge in [-0.1, -0.05) is 17.7 Å². The van der Waals surface area contributed by atoms with Crippen molar-refractivity contribution >= 4 is 11.9 Å². The number of carbonyl (C=O) groups excluding carboxylic acids is 2. The molecule has 1 rings (SSSR count). The number of urea groups is 1. The molecule has 0 unspecified atom stereocenters. The molecule has 1 aliphatic heterocycles. The second-order valence-electron chi connectivity index (χ2n) is 4.79. The molecule has 1 aliphatic rings. The Hall–Kier alpha value is -1.58. The molecule has 4 heteroatoms. The van der Waals surface area contributed by atoms with Crippen LogP contribution < -0.4 is 5.32 Å². The molecule has 0 aliphatic carbocycles. The predicted molar refractivity (Wildman–Crippen MR) is 67.5 cm³/mol. The largest absolute Gasteiger partial charge is 0.325 e. The number of hydrogen-bond donors (Lipinski definition) is 1. The minimum atomic E-state index is -0.772. The summed E-state index contributed by atoms with van der Waals surface area (Å²) in [4.78, 5) is 24.9. The number of carbonyl (C=O) groups is 2. The molecule has 3 amide bonds. The quantitative estimate of drug-likeness (QED) is 0.588. The maximum absolute atomic E-state index is 12.1. The Balaban J connectivity index is 2.71. The van der Waals surface area contributed by atoms with Crippen LogP contribution in [0.15, 0.2) is 24.3 Å². The minimum Gasteiger partial charge on any atom is -0.323 e. The van der Waals surface area contributed by atoms with Gasteiger partial charge in [-0.05, 0) is 33.6 Å². The summed E-state index contributed by atoms with van der Waals surface area (Å²) in [5.41, 5.74) is 0.444. The van der Waals surface area contributed by atoms with E-state index in [1.807, 2.05) is 13.8 Å². The summed E-state index contributed by atoms with van der Waals surface area (Å²) in [6.45, 7) is 9.61. The Morgan fingerprint density at radius 3 is 2.65 bits per heavy atom. The first kappa shape index (κ1) is 13.5. The number of imide groups is 1. The topological polar surface area (TPSA) is 49.4 Å². The smallest absolute Gasteiger partial charge is 0.323 e. The summed E-state index contributed by atoms with van der Waals surface area (Å²) < 4.78 is 0. The zero-order valence-corrected chi connectivity index (χ0v) is 10.7. The number of nitrogens with zero attached hydrogens (tertiary/aromatic N) is 1. The number of hydrogen-bond acceptors (Lipinski definition) is 2. The van der Waals surface area contributed by atoms with E-state index in [1.54, 1.807) is 13.0 Å². The summed E-state index contributed by atoms with van der Waals surface area (Å²) >= 11 is 0. The Morgan fingerprint density at radius 1 is 1.47 bits per heavy atom. The molecule has 1 heterocycles. The third-order valence-electron chi connectivity index (χ3n) is 2.85. The van der Waals surface area contributed by atoms with Crippen molar-refractivity contribution < 1.29 is 9.59 Å². The highest BCUT2D eigenvalue weighted by atomic mass is 16.2. The lowest BCUT2D eigenvalue weighted by Gasteiger charge is -2.20. The van der Waals surface area contributed by atoms with E-state index in [2.05, 4.69) is 18.0 Å². The molecule has 1 N–H and O–H groups in total. The molecule has 0 saturated carbocycles. The normalized spacial score (nSPS) is 23.6. The SMILES string of the molecule is C=CCN1C(=O)N[C@](C)(CCC=C(C)C)C1=O. The van der Waals surface area contributed by atoms with Crippen LogP contribution in [0.25, 0.3) is 0 Å². The van der Waals surface area contributed by atoms with E-state index in [-0.39, 0.29) is 18.5 Å². The van der Waals surface area contributed by atoms with E-state index < -0.39 is 5.54 Å². The first-order valence-corrected chi connectivity index (χ1v) is 5.79. The highest BCUT2D eigenvalue weighted by Gasteiger charge is 2.46. The molecule has 0 radical (unpaired) electrons. The lowest BCUT2D eigenvalue weighted by molar-refractivity contribution is -0.130. The third-order valence-corrected chi connectivity index (χ3v) is 2.85. The lowest BCUT2D eigenvalue weighted by Crippen LogP contribution is -2.43. The number of rotatable bonds is 5. The van der Waals surface area contributed by atoms with E-state index in [9.17, 15) is 9.59 Å². The molecule has 0 aromatic carbocycles. The van der Waals surface area contributed by atoms with Gasteiger partial charge >= 0.3 is 6.03 Å². The molecule has 94 valence electrons. The predicted octanol–water partition coefficient (Wildman–Crippen LogP) is 2.23. The van der Waals surface area contributed by atoms with Gasteiger partial charge in [-0.15, -0.1) is 6.58 Å². The molecular formula is C13H20N2O2. The van der Waals surface area contributed by atoms with E-state index in [0.717, 1.165) is 6.42 Å². The van der Waals surface area contributed by atoms with Gasteiger partial charge in [-0.25, -0.2) is 4.79 Å². The molecular weight excluding hydrogens is 216 g/mol. The van der Waals surface area contributed by atoms with Crippen molar-refractivity contribution in [3.63, 3.8) is 0 Å². The van der Waals surface area contributed by atoms with Crippen LogP contribution in [0.3, 0.4) is 0 Å². The van der Waals surface area contributed by atoms with Gasteiger partial charge in [0.1, 0.15) is 5.54 Å². The second-order valence-corrected chi connectivity index (χ2v) is 4.79. The van der Waals surface area contributed by atoms with Gasteiger partial charge in [0.25, 0.3) is 5.91 Å². The number of allylic oxidation sites excluding steroid dienone is 2. The fourth-order valence-corrected chi connectivity index (χ4v) is 1.86. The van der Waals surface area contributed by atoms with Gasteiger partial charge in [-0.3, -0.25) is 9.69 Å². The average Bonchev–Trinajstić information content (AvgIpc) is 2.42. The summed E-state index contributed by atoms with van der Waals surface area (Å²) in [5, 5.41) is 2.75. The monoisotopic (exact) mass is 236 g/mol. The minimum absolute atomic E-state index is 0.162. The molecule has 17 heavy (non-hydrogen) atoms. The van der Waals surface area contributed by atoms with Gasteiger partial charge in [0.2, 0.25) is 0 Å². The molecule has 1 saturated heterocycles. The fourth-order valence-electron chi connectivity index (χ4n) is 1.86. The summed E-state index contributed by atoms with van der Waals surface area (Å²) in [5.74, 6) is -0.162. The van der Waals surface area contributed by atoms with Crippen LogP contribution in [0.1, 0.15) is 33.6 Å². The van der Waals surface area contributed by atoms with Gasteiger partial charge in [0.05, 0.1) is 0 Å². The molecule has 1 atom stereocenters. The first-order valence-electron chi connectivity index (χ1n) is 5.79. The van der Waals surface area contributed by atoms with E-state index >= 15 is 0 Å². The van der Waals surface area contributed by atoms with Crippen molar-refractivity contribution in [3.05, 3.63) is 24.3 Å². The van der Waals surface area contributed by atoms with Gasteiger partial charge in [0, 0.05) is 6.54 Å². The van der Waals surface area contributed by atoms with E-state index in [4.69, 9.17) is 0 Å². The third kappa shape index (κ3) is 2.96. The Bertz CT molecular complexity index is 370. The van der Waals surface area contributed by atoms with Crippen LogP contribution in [0.5, 0.6) is 0 Å². The maximum Gasteiger partial charge on any atom is 0.325 e. The Labute approximate surface area is 102 Å². The molecule has 0 aromatic heterocycles. The van der Waals surface area contributed by atoms with Gasteiger partial charge in [-0.2, -0.15) is 0 Å². The van der Waals surface area contributed by atoms with Crippen molar-refractivity contribution in [2.24, 2.45) is 0 Å². The molecule has 1 fully saturated rings. The highest BCUT2D eigenvalue weighted by molar-refractivity contribution is 6.06. The van der Waals surface area contributed by atoms with Crippen LogP contribution in [0, 0.1) is 0 Å². The second kappa shape index (κ2) is 5.17. The van der Waals surface area contributed by atoms with Crippen molar-refractivity contribution in [1.29, 1.82) is 0 Å². The van der Waals surface area contributed by atoms with E-state index in [0.29, 0.717) is 6.42 Å². The maximum atomic E-state index is 12.1. The van der Waals surface area contributed by atoms with Crippen molar-refractivity contribution in [1.82, 2.24) is 10.2 Å². The zero-order chi connectivity index (χ0) is 13.1.